The van der Waals surface area contributed by atoms with E-state index in [0.717, 1.165) is 11.0 Å². The van der Waals surface area contributed by atoms with Crippen molar-refractivity contribution in [2.24, 2.45) is 5.41 Å². The summed E-state index contributed by atoms with van der Waals surface area (Å²) in [6.45, 7) is 2.98. The van der Waals surface area contributed by atoms with Crippen molar-refractivity contribution >= 4 is 23.9 Å². The van der Waals surface area contributed by atoms with Crippen molar-refractivity contribution in [1.29, 1.82) is 0 Å². The van der Waals surface area contributed by atoms with E-state index < -0.39 is 29.9 Å². The highest BCUT2D eigenvalue weighted by molar-refractivity contribution is 5.88. The van der Waals surface area contributed by atoms with Crippen LogP contribution in [0.3, 0.4) is 0 Å². The van der Waals surface area contributed by atoms with E-state index in [1.807, 2.05) is 0 Å². The van der Waals surface area contributed by atoms with E-state index in [-0.39, 0.29) is 12.5 Å². The SMILES string of the molecule is CCC(CC)(CNC(=O)Nc1ncnn1CC(=O)O)C(=O)O. The fourth-order valence-corrected chi connectivity index (χ4v) is 1.88. The van der Waals surface area contributed by atoms with Gasteiger partial charge in [0.15, 0.2) is 0 Å². The van der Waals surface area contributed by atoms with Gasteiger partial charge in [0.05, 0.1) is 5.41 Å². The quantitative estimate of drug-likeness (QED) is 0.542. The molecule has 0 saturated heterocycles. The molecule has 0 aromatic carbocycles. The maximum Gasteiger partial charge on any atom is 0.325 e. The van der Waals surface area contributed by atoms with Crippen LogP contribution < -0.4 is 10.6 Å². The number of urea groups is 1. The maximum atomic E-state index is 11.8. The van der Waals surface area contributed by atoms with Gasteiger partial charge in [-0.15, -0.1) is 0 Å². The fraction of sp³-hybridized carbons (Fsp3) is 0.583. The van der Waals surface area contributed by atoms with Gasteiger partial charge in [0.2, 0.25) is 5.95 Å². The van der Waals surface area contributed by atoms with Gasteiger partial charge in [-0.2, -0.15) is 10.1 Å². The summed E-state index contributed by atoms with van der Waals surface area (Å²) in [4.78, 5) is 37.5. The molecule has 122 valence electrons. The van der Waals surface area contributed by atoms with Gasteiger partial charge in [-0.3, -0.25) is 14.9 Å². The Morgan fingerprint density at radius 3 is 2.41 bits per heavy atom. The van der Waals surface area contributed by atoms with E-state index in [1.165, 1.54) is 0 Å². The third-order valence-electron chi connectivity index (χ3n) is 3.52. The van der Waals surface area contributed by atoms with Gasteiger partial charge < -0.3 is 15.5 Å². The number of carboxylic acids is 2. The molecule has 10 heteroatoms. The van der Waals surface area contributed by atoms with Crippen LogP contribution in [0.25, 0.3) is 0 Å². The molecule has 4 N–H and O–H groups in total. The van der Waals surface area contributed by atoms with Crippen LogP contribution in [0, 0.1) is 5.41 Å². The number of carboxylic acid groups (broad SMARTS) is 2. The van der Waals surface area contributed by atoms with Gasteiger partial charge >= 0.3 is 18.0 Å². The zero-order valence-electron chi connectivity index (χ0n) is 12.4. The molecule has 0 atom stereocenters. The van der Waals surface area contributed by atoms with Crippen LogP contribution in [0.15, 0.2) is 6.33 Å². The molecule has 0 bridgehead atoms. The Morgan fingerprint density at radius 1 is 1.27 bits per heavy atom. The molecule has 1 aromatic rings. The Balaban J connectivity index is 2.65. The lowest BCUT2D eigenvalue weighted by Crippen LogP contribution is -2.44. The van der Waals surface area contributed by atoms with Crippen molar-refractivity contribution in [2.75, 3.05) is 11.9 Å². The van der Waals surface area contributed by atoms with Crippen LogP contribution in [-0.4, -0.2) is 49.5 Å². The number of amides is 2. The lowest BCUT2D eigenvalue weighted by Gasteiger charge is -2.26. The Hall–Kier alpha value is -2.65. The standard InChI is InChI=1S/C12H19N5O5/c1-3-12(4-2,9(20)21)6-13-11(22)16-10-14-7-15-17(10)5-8(18)19/h7H,3-6H2,1-2H3,(H,18,19)(H,20,21)(H2,13,14,15,16,22). The first kappa shape index (κ1) is 17.4. The van der Waals surface area contributed by atoms with E-state index in [1.54, 1.807) is 13.8 Å². The van der Waals surface area contributed by atoms with Gasteiger partial charge in [-0.1, -0.05) is 13.8 Å². The summed E-state index contributed by atoms with van der Waals surface area (Å²) < 4.78 is 1.01. The molecule has 10 nitrogen and oxygen atoms in total. The summed E-state index contributed by atoms with van der Waals surface area (Å²) in [5.74, 6) is -2.14. The summed E-state index contributed by atoms with van der Waals surface area (Å²) in [5, 5.41) is 26.4. The Bertz CT molecular complexity index is 552. The van der Waals surface area contributed by atoms with Gasteiger partial charge in [0.25, 0.3) is 0 Å². The van der Waals surface area contributed by atoms with E-state index >= 15 is 0 Å². The molecule has 22 heavy (non-hydrogen) atoms. The normalized spacial score (nSPS) is 11.0. The van der Waals surface area contributed by atoms with Crippen LogP contribution in [0.2, 0.25) is 0 Å². The minimum atomic E-state index is -1.13. The molecule has 1 heterocycles. The number of nitrogens with zero attached hydrogens (tertiary/aromatic N) is 3. The Morgan fingerprint density at radius 2 is 1.91 bits per heavy atom. The summed E-state index contributed by atoms with van der Waals surface area (Å²) >= 11 is 0. The highest BCUT2D eigenvalue weighted by Crippen LogP contribution is 2.25. The molecule has 0 fully saturated rings. The van der Waals surface area contributed by atoms with E-state index in [2.05, 4.69) is 20.7 Å². The van der Waals surface area contributed by atoms with Crippen molar-refractivity contribution in [2.45, 2.75) is 33.2 Å². The average molecular weight is 313 g/mol. The predicted octanol–water partition coefficient (Wildman–Crippen LogP) is 0.375. The number of carbonyl (C=O) groups excluding carboxylic acids is 1. The summed E-state index contributed by atoms with van der Waals surface area (Å²) in [5.41, 5.74) is -1.04. The number of anilines is 1. The second-order valence-corrected chi connectivity index (χ2v) is 4.74. The first-order valence-electron chi connectivity index (χ1n) is 6.72. The largest absolute Gasteiger partial charge is 0.481 e. The summed E-state index contributed by atoms with van der Waals surface area (Å²) in [6.07, 6.45) is 1.85. The minimum Gasteiger partial charge on any atom is -0.481 e. The zero-order chi connectivity index (χ0) is 16.8. The van der Waals surface area contributed by atoms with Crippen molar-refractivity contribution in [3.05, 3.63) is 6.33 Å². The van der Waals surface area contributed by atoms with Gasteiger partial charge in [-0.05, 0) is 12.8 Å². The highest BCUT2D eigenvalue weighted by Gasteiger charge is 2.35. The molecule has 1 aromatic heterocycles. The first-order valence-corrected chi connectivity index (χ1v) is 6.72. The van der Waals surface area contributed by atoms with Crippen molar-refractivity contribution in [3.8, 4) is 0 Å². The Labute approximate surface area is 126 Å². The number of nitrogens with one attached hydrogen (secondary N) is 2. The lowest BCUT2D eigenvalue weighted by molar-refractivity contribution is -0.149. The van der Waals surface area contributed by atoms with E-state index in [0.29, 0.717) is 12.8 Å². The second-order valence-electron chi connectivity index (χ2n) is 4.74. The minimum absolute atomic E-state index is 0.0335. The lowest BCUT2D eigenvalue weighted by atomic mass is 9.82. The van der Waals surface area contributed by atoms with E-state index in [4.69, 9.17) is 5.11 Å². The third-order valence-corrected chi connectivity index (χ3v) is 3.52. The molecule has 2 amide bonds. The third kappa shape index (κ3) is 4.17. The molecule has 0 spiro atoms. The number of rotatable bonds is 8. The molecule has 0 unspecified atom stereocenters. The molecule has 0 aliphatic carbocycles. The predicted molar refractivity (Wildman–Crippen MR) is 75.3 cm³/mol. The number of aliphatic carboxylic acids is 2. The number of hydrogen-bond donors (Lipinski definition) is 4. The zero-order valence-corrected chi connectivity index (χ0v) is 12.4. The van der Waals surface area contributed by atoms with Crippen LogP contribution >= 0.6 is 0 Å². The topological polar surface area (TPSA) is 146 Å². The van der Waals surface area contributed by atoms with E-state index in [9.17, 15) is 19.5 Å². The molecular weight excluding hydrogens is 294 g/mol. The van der Waals surface area contributed by atoms with Crippen molar-refractivity contribution < 1.29 is 24.6 Å². The van der Waals surface area contributed by atoms with Gasteiger partial charge in [-0.25, -0.2) is 9.48 Å². The van der Waals surface area contributed by atoms with Crippen molar-refractivity contribution in [3.63, 3.8) is 0 Å². The summed E-state index contributed by atoms with van der Waals surface area (Å²) in [6, 6.07) is -0.674. The molecule has 0 saturated carbocycles. The molecule has 0 aliphatic heterocycles. The monoisotopic (exact) mass is 313 g/mol. The van der Waals surface area contributed by atoms with Gasteiger partial charge in [0.1, 0.15) is 12.9 Å². The molecular formula is C12H19N5O5. The summed E-state index contributed by atoms with van der Waals surface area (Å²) in [7, 11) is 0. The first-order chi connectivity index (χ1) is 10.3. The second kappa shape index (κ2) is 7.38. The molecule has 1 rings (SSSR count). The van der Waals surface area contributed by atoms with Crippen LogP contribution in [-0.2, 0) is 16.1 Å². The highest BCUT2D eigenvalue weighted by atomic mass is 16.4. The fourth-order valence-electron chi connectivity index (χ4n) is 1.88. The number of hydrogen-bond acceptors (Lipinski definition) is 5. The van der Waals surface area contributed by atoms with Crippen LogP contribution in [0.4, 0.5) is 10.7 Å². The van der Waals surface area contributed by atoms with Crippen LogP contribution in [0.1, 0.15) is 26.7 Å². The van der Waals surface area contributed by atoms with Gasteiger partial charge in [0, 0.05) is 6.54 Å². The smallest absolute Gasteiger partial charge is 0.325 e. The molecule has 0 aliphatic rings. The number of carbonyl (C=O) groups is 3. The Kier molecular flexibility index (Phi) is 5.84. The van der Waals surface area contributed by atoms with Crippen LogP contribution in [0.5, 0.6) is 0 Å². The molecule has 0 radical (unpaired) electrons. The number of aromatic nitrogens is 3. The van der Waals surface area contributed by atoms with Crippen molar-refractivity contribution in [1.82, 2.24) is 20.1 Å². The maximum absolute atomic E-state index is 11.8. The average Bonchev–Trinajstić information content (AvgIpc) is 2.86.